The van der Waals surface area contributed by atoms with Crippen molar-refractivity contribution in [3.8, 4) is 5.82 Å². The van der Waals surface area contributed by atoms with Crippen molar-refractivity contribution >= 4 is 33.6 Å². The average Bonchev–Trinajstić information content (AvgIpc) is 3.09. The number of aliphatic carboxylic acids is 1. The zero-order chi connectivity index (χ0) is 17.1. The summed E-state index contributed by atoms with van der Waals surface area (Å²) < 4.78 is 2.30. The quantitative estimate of drug-likeness (QED) is 0.833. The molecule has 2 amide bonds. The topological polar surface area (TPSA) is 100 Å². The van der Waals surface area contributed by atoms with E-state index in [-0.39, 0.29) is 11.9 Å². The summed E-state index contributed by atoms with van der Waals surface area (Å²) >= 11 is 3.35. The average molecular weight is 394 g/mol. The Morgan fingerprint density at radius 2 is 2.08 bits per heavy atom. The number of likely N-dealkylation sites (tertiary alicyclic amines) is 1. The molecular formula is C15H16BrN5O3. The van der Waals surface area contributed by atoms with Crippen molar-refractivity contribution in [1.82, 2.24) is 19.7 Å². The third-order valence-electron chi connectivity index (χ3n) is 3.93. The van der Waals surface area contributed by atoms with E-state index < -0.39 is 5.97 Å². The molecule has 126 valence electrons. The molecule has 3 rings (SSSR count). The minimum atomic E-state index is -0.799. The van der Waals surface area contributed by atoms with E-state index in [1.807, 2.05) is 0 Å². The molecule has 2 aromatic rings. The molecule has 0 aromatic carbocycles. The maximum Gasteiger partial charge on any atom is 0.321 e. The number of carboxylic acid groups (broad SMARTS) is 1. The highest BCUT2D eigenvalue weighted by Gasteiger charge is 2.27. The lowest BCUT2D eigenvalue weighted by molar-refractivity contribution is -0.143. The molecule has 9 heteroatoms. The Bertz CT molecular complexity index is 742. The lowest BCUT2D eigenvalue weighted by atomic mass is 9.97. The summed E-state index contributed by atoms with van der Waals surface area (Å²) in [7, 11) is 0. The number of hydrogen-bond acceptors (Lipinski definition) is 4. The molecule has 1 aliphatic heterocycles. The molecular weight excluding hydrogens is 378 g/mol. The molecule has 2 aromatic heterocycles. The van der Waals surface area contributed by atoms with Gasteiger partial charge in [0.25, 0.3) is 0 Å². The van der Waals surface area contributed by atoms with Gasteiger partial charge in [-0.05, 0) is 40.9 Å². The fourth-order valence-corrected chi connectivity index (χ4v) is 2.96. The number of rotatable bonds is 3. The third-order valence-corrected chi connectivity index (χ3v) is 4.36. The van der Waals surface area contributed by atoms with Crippen LogP contribution in [0.3, 0.4) is 0 Å². The van der Waals surface area contributed by atoms with Gasteiger partial charge in [0, 0.05) is 36.2 Å². The van der Waals surface area contributed by atoms with Gasteiger partial charge in [-0.15, -0.1) is 0 Å². The second-order valence-corrected chi connectivity index (χ2v) is 6.42. The van der Waals surface area contributed by atoms with Crippen LogP contribution >= 0.6 is 15.9 Å². The highest BCUT2D eigenvalue weighted by molar-refractivity contribution is 9.10. The maximum absolute atomic E-state index is 12.5. The number of hydrogen-bond donors (Lipinski definition) is 2. The van der Waals surface area contributed by atoms with Gasteiger partial charge in [-0.3, -0.25) is 4.79 Å². The number of piperidine rings is 1. The van der Waals surface area contributed by atoms with Gasteiger partial charge in [0.2, 0.25) is 0 Å². The standard InChI is InChI=1S/C15H16BrN5O3/c16-11-8-12(13(17-9-11)21-5-1-4-18-21)19-15(24)20-6-2-10(3-7-20)14(22)23/h1,4-5,8-10H,2-3,6-7H2,(H,19,24)(H,22,23). The van der Waals surface area contributed by atoms with E-state index in [0.29, 0.717) is 37.4 Å². The van der Waals surface area contributed by atoms with Crippen molar-refractivity contribution in [1.29, 1.82) is 0 Å². The van der Waals surface area contributed by atoms with Gasteiger partial charge in [-0.2, -0.15) is 5.10 Å². The molecule has 0 radical (unpaired) electrons. The van der Waals surface area contributed by atoms with Gasteiger partial charge in [-0.1, -0.05) is 0 Å². The summed E-state index contributed by atoms with van der Waals surface area (Å²) in [5.74, 6) is -0.662. The molecule has 0 unspecified atom stereocenters. The smallest absolute Gasteiger partial charge is 0.321 e. The van der Waals surface area contributed by atoms with Crippen LogP contribution in [0.4, 0.5) is 10.5 Å². The number of carbonyl (C=O) groups excluding carboxylic acids is 1. The number of amides is 2. The van der Waals surface area contributed by atoms with E-state index in [2.05, 4.69) is 31.3 Å². The largest absolute Gasteiger partial charge is 0.481 e. The lowest BCUT2D eigenvalue weighted by Crippen LogP contribution is -2.42. The molecule has 3 heterocycles. The predicted molar refractivity (Wildman–Crippen MR) is 90.0 cm³/mol. The van der Waals surface area contributed by atoms with Crippen LogP contribution in [-0.4, -0.2) is 49.9 Å². The Kier molecular flexibility index (Phi) is 4.79. The SMILES string of the molecule is O=C(O)C1CCN(C(=O)Nc2cc(Br)cnc2-n2cccn2)CC1. The molecule has 0 aliphatic carbocycles. The van der Waals surface area contributed by atoms with Gasteiger partial charge < -0.3 is 15.3 Å². The minimum absolute atomic E-state index is 0.271. The van der Waals surface area contributed by atoms with Crippen LogP contribution in [-0.2, 0) is 4.79 Å². The number of anilines is 1. The predicted octanol–water partition coefficient (Wildman–Crippen LogP) is 2.36. The molecule has 1 saturated heterocycles. The molecule has 0 atom stereocenters. The zero-order valence-corrected chi connectivity index (χ0v) is 14.3. The Labute approximate surface area is 146 Å². The summed E-state index contributed by atoms with van der Waals surface area (Å²) in [6, 6.07) is 3.25. The highest BCUT2D eigenvalue weighted by atomic mass is 79.9. The summed E-state index contributed by atoms with van der Waals surface area (Å²) in [5.41, 5.74) is 0.526. The second-order valence-electron chi connectivity index (χ2n) is 5.51. The Morgan fingerprint density at radius 3 is 2.71 bits per heavy atom. The number of urea groups is 1. The summed E-state index contributed by atoms with van der Waals surface area (Å²) in [5, 5.41) is 16.0. The van der Waals surface area contributed by atoms with Crippen LogP contribution in [0.5, 0.6) is 0 Å². The second kappa shape index (κ2) is 7.00. The zero-order valence-electron chi connectivity index (χ0n) is 12.7. The molecule has 2 N–H and O–H groups in total. The van der Waals surface area contributed by atoms with Crippen molar-refractivity contribution in [2.24, 2.45) is 5.92 Å². The molecule has 0 saturated carbocycles. The highest BCUT2D eigenvalue weighted by Crippen LogP contribution is 2.23. The first-order chi connectivity index (χ1) is 11.5. The van der Waals surface area contributed by atoms with Gasteiger partial charge in [0.05, 0.1) is 11.6 Å². The van der Waals surface area contributed by atoms with Crippen LogP contribution in [0.25, 0.3) is 5.82 Å². The third kappa shape index (κ3) is 3.56. The summed E-state index contributed by atoms with van der Waals surface area (Å²) in [6.07, 6.45) is 5.93. The minimum Gasteiger partial charge on any atom is -0.481 e. The molecule has 24 heavy (non-hydrogen) atoms. The Morgan fingerprint density at radius 1 is 1.33 bits per heavy atom. The monoisotopic (exact) mass is 393 g/mol. The van der Waals surface area contributed by atoms with Crippen LogP contribution in [0.15, 0.2) is 35.2 Å². The first kappa shape index (κ1) is 16.4. The molecule has 0 spiro atoms. The van der Waals surface area contributed by atoms with E-state index in [0.717, 1.165) is 4.47 Å². The van der Waals surface area contributed by atoms with E-state index in [1.165, 1.54) is 0 Å². The first-order valence-corrected chi connectivity index (χ1v) is 8.28. The number of nitrogens with zero attached hydrogens (tertiary/aromatic N) is 4. The van der Waals surface area contributed by atoms with Crippen molar-refractivity contribution in [2.75, 3.05) is 18.4 Å². The number of carbonyl (C=O) groups is 2. The van der Waals surface area contributed by atoms with Crippen LogP contribution < -0.4 is 5.32 Å². The van der Waals surface area contributed by atoms with Crippen molar-refractivity contribution in [3.63, 3.8) is 0 Å². The van der Waals surface area contributed by atoms with Crippen LogP contribution in [0, 0.1) is 5.92 Å². The van der Waals surface area contributed by atoms with E-state index in [9.17, 15) is 9.59 Å². The van der Waals surface area contributed by atoms with Gasteiger partial charge >= 0.3 is 12.0 Å². The molecule has 0 bridgehead atoms. The van der Waals surface area contributed by atoms with E-state index in [1.54, 1.807) is 40.3 Å². The summed E-state index contributed by atoms with van der Waals surface area (Å²) in [4.78, 5) is 29.4. The Hall–Kier alpha value is -2.42. The number of aromatic nitrogens is 3. The van der Waals surface area contributed by atoms with Crippen molar-refractivity contribution in [2.45, 2.75) is 12.8 Å². The molecule has 8 nitrogen and oxygen atoms in total. The van der Waals surface area contributed by atoms with E-state index in [4.69, 9.17) is 5.11 Å². The maximum atomic E-state index is 12.5. The van der Waals surface area contributed by atoms with Gasteiger partial charge in [0.1, 0.15) is 0 Å². The molecule has 1 aliphatic rings. The van der Waals surface area contributed by atoms with Gasteiger partial charge in [0.15, 0.2) is 5.82 Å². The van der Waals surface area contributed by atoms with Crippen LogP contribution in [0.2, 0.25) is 0 Å². The van der Waals surface area contributed by atoms with Crippen molar-refractivity contribution in [3.05, 3.63) is 35.2 Å². The number of pyridine rings is 1. The van der Waals surface area contributed by atoms with E-state index >= 15 is 0 Å². The molecule has 1 fully saturated rings. The fourth-order valence-electron chi connectivity index (χ4n) is 2.62. The van der Waals surface area contributed by atoms with Gasteiger partial charge in [-0.25, -0.2) is 14.5 Å². The number of halogens is 1. The number of carboxylic acids is 1. The first-order valence-electron chi connectivity index (χ1n) is 7.49. The van der Waals surface area contributed by atoms with Crippen molar-refractivity contribution < 1.29 is 14.7 Å². The number of nitrogens with one attached hydrogen (secondary N) is 1. The normalized spacial score (nSPS) is 15.3. The fraction of sp³-hybridized carbons (Fsp3) is 0.333. The lowest BCUT2D eigenvalue weighted by Gasteiger charge is -2.30. The van der Waals surface area contributed by atoms with Crippen LogP contribution in [0.1, 0.15) is 12.8 Å². The summed E-state index contributed by atoms with van der Waals surface area (Å²) in [6.45, 7) is 0.836. The Balaban J connectivity index is 1.73.